The van der Waals surface area contributed by atoms with Gasteiger partial charge >= 0.3 is 0 Å². The number of carbonyl (C=O) groups is 1. The summed E-state index contributed by atoms with van der Waals surface area (Å²) in [6.45, 7) is 1.48. The van der Waals surface area contributed by atoms with Gasteiger partial charge in [0.25, 0.3) is 0 Å². The molecule has 0 fully saturated rings. The van der Waals surface area contributed by atoms with Crippen LogP contribution in [0.4, 0.5) is 5.69 Å². The van der Waals surface area contributed by atoms with Crippen LogP contribution in [0.25, 0.3) is 0 Å². The van der Waals surface area contributed by atoms with Gasteiger partial charge in [-0.25, -0.2) is 0 Å². The lowest BCUT2D eigenvalue weighted by atomic mass is 10.3. The summed E-state index contributed by atoms with van der Waals surface area (Å²) in [5.74, 6) is -0.0716. The van der Waals surface area contributed by atoms with Crippen molar-refractivity contribution in [3.63, 3.8) is 0 Å². The second-order valence-electron chi connectivity index (χ2n) is 2.53. The molecule has 2 nitrogen and oxygen atoms in total. The average molecular weight is 216 g/mol. The Bertz CT molecular complexity index is 327. The number of halogens is 1. The molecule has 0 heterocycles. The molecule has 0 spiro atoms. The number of carbonyl (C=O) groups excluding carboxylic acids is 1. The zero-order valence-electron chi connectivity index (χ0n) is 7.43. The van der Waals surface area contributed by atoms with E-state index in [0.29, 0.717) is 5.02 Å². The van der Waals surface area contributed by atoms with Crippen molar-refractivity contribution in [2.45, 2.75) is 11.8 Å². The lowest BCUT2D eigenvalue weighted by molar-refractivity contribution is -0.114. The molecule has 13 heavy (non-hydrogen) atoms. The minimum atomic E-state index is -0.0716. The summed E-state index contributed by atoms with van der Waals surface area (Å²) in [7, 11) is 0. The summed E-state index contributed by atoms with van der Waals surface area (Å²) in [5, 5.41) is 3.41. The van der Waals surface area contributed by atoms with Crippen LogP contribution in [0, 0.1) is 0 Å². The Morgan fingerprint density at radius 2 is 2.23 bits per heavy atom. The highest BCUT2D eigenvalue weighted by Crippen LogP contribution is 2.28. The van der Waals surface area contributed by atoms with Crippen LogP contribution in [0.3, 0.4) is 0 Å². The topological polar surface area (TPSA) is 29.1 Å². The fourth-order valence-corrected chi connectivity index (χ4v) is 1.78. The minimum Gasteiger partial charge on any atom is -0.325 e. The van der Waals surface area contributed by atoms with Crippen molar-refractivity contribution >= 4 is 35.0 Å². The van der Waals surface area contributed by atoms with Gasteiger partial charge in [0.05, 0.1) is 5.69 Å². The molecule has 0 aromatic heterocycles. The van der Waals surface area contributed by atoms with Gasteiger partial charge in [-0.1, -0.05) is 11.6 Å². The van der Waals surface area contributed by atoms with Gasteiger partial charge in [0.15, 0.2) is 0 Å². The first kappa shape index (κ1) is 10.4. The number of benzene rings is 1. The summed E-state index contributed by atoms with van der Waals surface area (Å²) in [5.41, 5.74) is 0.810. The van der Waals surface area contributed by atoms with Crippen LogP contribution in [-0.2, 0) is 4.79 Å². The molecule has 0 radical (unpaired) electrons. The van der Waals surface area contributed by atoms with Gasteiger partial charge in [-0.05, 0) is 24.5 Å². The number of anilines is 1. The van der Waals surface area contributed by atoms with E-state index < -0.39 is 0 Å². The Labute approximate surface area is 86.7 Å². The van der Waals surface area contributed by atoms with Gasteiger partial charge in [0.1, 0.15) is 0 Å². The van der Waals surface area contributed by atoms with Crippen molar-refractivity contribution < 1.29 is 4.79 Å². The van der Waals surface area contributed by atoms with E-state index in [2.05, 4.69) is 5.32 Å². The molecule has 1 N–H and O–H groups in total. The van der Waals surface area contributed by atoms with E-state index >= 15 is 0 Å². The molecule has 0 saturated heterocycles. The van der Waals surface area contributed by atoms with Crippen LogP contribution in [0.15, 0.2) is 23.1 Å². The summed E-state index contributed by atoms with van der Waals surface area (Å²) >= 11 is 7.36. The molecule has 1 aromatic rings. The number of nitrogens with one attached hydrogen (secondary N) is 1. The minimum absolute atomic E-state index is 0.0716. The molecule has 0 bridgehead atoms. The summed E-state index contributed by atoms with van der Waals surface area (Å²) in [6.07, 6.45) is 1.94. The second kappa shape index (κ2) is 4.53. The molecule has 1 aromatic carbocycles. The summed E-state index contributed by atoms with van der Waals surface area (Å²) < 4.78 is 0. The van der Waals surface area contributed by atoms with Crippen LogP contribution in [0.5, 0.6) is 0 Å². The van der Waals surface area contributed by atoms with Crippen LogP contribution in [-0.4, -0.2) is 12.2 Å². The lowest BCUT2D eigenvalue weighted by Crippen LogP contribution is -2.06. The highest BCUT2D eigenvalue weighted by Gasteiger charge is 2.03. The first-order valence-electron chi connectivity index (χ1n) is 3.74. The monoisotopic (exact) mass is 215 g/mol. The molecule has 1 rings (SSSR count). The maximum atomic E-state index is 10.8. The van der Waals surface area contributed by atoms with Crippen molar-refractivity contribution in [1.82, 2.24) is 0 Å². The normalized spacial score (nSPS) is 9.77. The molecular formula is C9H10ClNOS. The highest BCUT2D eigenvalue weighted by molar-refractivity contribution is 7.98. The first-order chi connectivity index (χ1) is 6.13. The van der Waals surface area contributed by atoms with Crippen molar-refractivity contribution in [3.8, 4) is 0 Å². The van der Waals surface area contributed by atoms with Gasteiger partial charge in [0.2, 0.25) is 5.91 Å². The maximum Gasteiger partial charge on any atom is 0.221 e. The number of thioether (sulfide) groups is 1. The molecule has 0 aliphatic heterocycles. The third-order valence-corrected chi connectivity index (χ3v) is 2.49. The third kappa shape index (κ3) is 2.94. The Morgan fingerprint density at radius 1 is 1.54 bits per heavy atom. The molecular weight excluding hydrogens is 206 g/mol. The van der Waals surface area contributed by atoms with Crippen LogP contribution < -0.4 is 5.32 Å². The molecule has 0 saturated carbocycles. The number of amides is 1. The predicted molar refractivity (Wildman–Crippen MR) is 57.5 cm³/mol. The van der Waals surface area contributed by atoms with Crippen molar-refractivity contribution in [3.05, 3.63) is 23.2 Å². The van der Waals surface area contributed by atoms with Gasteiger partial charge in [-0.2, -0.15) is 0 Å². The predicted octanol–water partition coefficient (Wildman–Crippen LogP) is 3.02. The molecule has 0 aliphatic carbocycles. The Balaban J connectivity index is 2.99. The Hall–Kier alpha value is -0.670. The SMILES string of the molecule is CSc1cc(Cl)ccc1NC(C)=O. The van der Waals surface area contributed by atoms with Crippen molar-refractivity contribution in [1.29, 1.82) is 0 Å². The maximum absolute atomic E-state index is 10.8. The number of hydrogen-bond acceptors (Lipinski definition) is 2. The highest BCUT2D eigenvalue weighted by atomic mass is 35.5. The van der Waals surface area contributed by atoms with Crippen molar-refractivity contribution in [2.75, 3.05) is 11.6 Å². The van der Waals surface area contributed by atoms with E-state index in [4.69, 9.17) is 11.6 Å². The van der Waals surface area contributed by atoms with E-state index in [1.54, 1.807) is 23.9 Å². The van der Waals surface area contributed by atoms with E-state index in [-0.39, 0.29) is 5.91 Å². The van der Waals surface area contributed by atoms with E-state index in [1.807, 2.05) is 12.3 Å². The lowest BCUT2D eigenvalue weighted by Gasteiger charge is -2.07. The molecule has 4 heteroatoms. The molecule has 0 unspecified atom stereocenters. The van der Waals surface area contributed by atoms with Gasteiger partial charge in [-0.3, -0.25) is 4.79 Å². The molecule has 0 atom stereocenters. The zero-order valence-corrected chi connectivity index (χ0v) is 9.00. The molecule has 70 valence electrons. The first-order valence-corrected chi connectivity index (χ1v) is 5.35. The Kier molecular flexibility index (Phi) is 3.63. The van der Waals surface area contributed by atoms with Crippen molar-refractivity contribution in [2.24, 2.45) is 0 Å². The summed E-state index contributed by atoms with van der Waals surface area (Å²) in [6, 6.07) is 5.39. The largest absolute Gasteiger partial charge is 0.325 e. The van der Waals surface area contributed by atoms with E-state index in [0.717, 1.165) is 10.6 Å². The standard InChI is InChI=1S/C9H10ClNOS/c1-6(12)11-8-4-3-7(10)5-9(8)13-2/h3-5H,1-2H3,(H,11,12). The second-order valence-corrected chi connectivity index (χ2v) is 3.81. The van der Waals surface area contributed by atoms with Crippen LogP contribution in [0.1, 0.15) is 6.92 Å². The summed E-state index contributed by atoms with van der Waals surface area (Å²) in [4.78, 5) is 11.8. The fraction of sp³-hybridized carbons (Fsp3) is 0.222. The quantitative estimate of drug-likeness (QED) is 0.769. The molecule has 0 aliphatic rings. The Morgan fingerprint density at radius 3 is 2.77 bits per heavy atom. The fourth-order valence-electron chi connectivity index (χ4n) is 0.958. The van der Waals surface area contributed by atoms with Gasteiger partial charge < -0.3 is 5.32 Å². The average Bonchev–Trinajstić information content (AvgIpc) is 2.07. The number of rotatable bonds is 2. The van der Waals surface area contributed by atoms with Gasteiger partial charge in [0, 0.05) is 16.8 Å². The third-order valence-electron chi connectivity index (χ3n) is 1.47. The van der Waals surface area contributed by atoms with E-state index in [9.17, 15) is 4.79 Å². The smallest absolute Gasteiger partial charge is 0.221 e. The zero-order chi connectivity index (χ0) is 9.84. The van der Waals surface area contributed by atoms with Crippen LogP contribution >= 0.6 is 23.4 Å². The molecule has 1 amide bonds. The number of hydrogen-bond donors (Lipinski definition) is 1. The van der Waals surface area contributed by atoms with Crippen LogP contribution in [0.2, 0.25) is 5.02 Å². The van der Waals surface area contributed by atoms with E-state index in [1.165, 1.54) is 6.92 Å². The van der Waals surface area contributed by atoms with Gasteiger partial charge in [-0.15, -0.1) is 11.8 Å².